The number of nitrogens with zero attached hydrogens (tertiary/aromatic N) is 1. The summed E-state index contributed by atoms with van der Waals surface area (Å²) in [5, 5.41) is 0. The van der Waals surface area contributed by atoms with Gasteiger partial charge in [-0.15, -0.1) is 0 Å². The number of esters is 2. The minimum atomic E-state index is -4.62. The molecule has 0 aliphatic carbocycles. The van der Waals surface area contributed by atoms with Crippen molar-refractivity contribution in [2.24, 2.45) is 0 Å². The molecule has 1 unspecified atom stereocenters. The van der Waals surface area contributed by atoms with Gasteiger partial charge in [0.25, 0.3) is 7.82 Å². The van der Waals surface area contributed by atoms with E-state index in [9.17, 15) is 19.0 Å². The van der Waals surface area contributed by atoms with Crippen molar-refractivity contribution in [3.05, 3.63) is 24.3 Å². The molecule has 0 aliphatic rings. The maximum atomic E-state index is 12.7. The van der Waals surface area contributed by atoms with E-state index in [4.69, 9.17) is 18.5 Å². The average Bonchev–Trinajstić information content (AvgIpc) is 3.12. The van der Waals surface area contributed by atoms with Crippen molar-refractivity contribution in [3.8, 4) is 0 Å². The Bertz CT molecular complexity index is 980. The first kappa shape index (κ1) is 52.5. The number of hydrogen-bond acceptors (Lipinski definition) is 8. The molecule has 0 bridgehead atoms. The molecule has 0 saturated carbocycles. The van der Waals surface area contributed by atoms with Gasteiger partial charge in [0.05, 0.1) is 27.7 Å². The summed E-state index contributed by atoms with van der Waals surface area (Å²) in [4.78, 5) is 37.5. The normalized spacial score (nSPS) is 13.8. The number of likely N-dealkylation sites (N-methyl/N-ethyl adjacent to an activating group) is 1. The van der Waals surface area contributed by atoms with Crippen molar-refractivity contribution in [1.82, 2.24) is 0 Å². The highest BCUT2D eigenvalue weighted by Crippen LogP contribution is 2.38. The zero-order valence-corrected chi connectivity index (χ0v) is 36.6. The van der Waals surface area contributed by atoms with Crippen molar-refractivity contribution in [2.75, 3.05) is 47.5 Å². The van der Waals surface area contributed by atoms with Crippen LogP contribution in [-0.4, -0.2) is 70.0 Å². The van der Waals surface area contributed by atoms with Gasteiger partial charge in [-0.05, 0) is 38.5 Å². The predicted molar refractivity (Wildman–Crippen MR) is 222 cm³/mol. The molecule has 0 rings (SSSR count). The summed E-state index contributed by atoms with van der Waals surface area (Å²) in [6, 6.07) is 0. The molecule has 318 valence electrons. The van der Waals surface area contributed by atoms with Gasteiger partial charge < -0.3 is 27.9 Å². The molecule has 10 heteroatoms. The zero-order valence-electron chi connectivity index (χ0n) is 35.7. The van der Waals surface area contributed by atoms with Crippen LogP contribution >= 0.6 is 7.82 Å². The number of hydrogen-bond donors (Lipinski definition) is 0. The van der Waals surface area contributed by atoms with Crippen LogP contribution in [0.15, 0.2) is 24.3 Å². The van der Waals surface area contributed by atoms with E-state index in [1.807, 2.05) is 21.1 Å². The SMILES string of the molecule is CCCCC/C=C\C=C/CCCCCCCCC(=O)O[C@H](COC(=O)CCCCCCCCCCCCCCCCC)COP(=O)([O-])OCC[N+](C)(C)C. The summed E-state index contributed by atoms with van der Waals surface area (Å²) < 4.78 is 33.9. The number of quaternary nitrogens is 1. The fourth-order valence-corrected chi connectivity index (χ4v) is 6.73. The first-order valence-corrected chi connectivity index (χ1v) is 23.5. The van der Waals surface area contributed by atoms with Crippen LogP contribution in [0.25, 0.3) is 0 Å². The predicted octanol–water partition coefficient (Wildman–Crippen LogP) is 11.7. The number of rotatable bonds is 40. The maximum absolute atomic E-state index is 12.7. The first-order chi connectivity index (χ1) is 26.0. The number of allylic oxidation sites excluding steroid dienone is 4. The van der Waals surface area contributed by atoms with Crippen LogP contribution in [0.3, 0.4) is 0 Å². The number of phosphoric ester groups is 1. The first-order valence-electron chi connectivity index (χ1n) is 22.1. The maximum Gasteiger partial charge on any atom is 0.306 e. The molecule has 0 aromatic rings. The number of ether oxygens (including phenoxy) is 2. The highest BCUT2D eigenvalue weighted by atomic mass is 31.2. The van der Waals surface area contributed by atoms with Gasteiger partial charge in [-0.1, -0.05) is 167 Å². The lowest BCUT2D eigenvalue weighted by Crippen LogP contribution is -2.37. The van der Waals surface area contributed by atoms with E-state index in [1.54, 1.807) is 0 Å². The number of unbranched alkanes of at least 4 members (excludes halogenated alkanes) is 23. The number of carbonyl (C=O) groups is 2. The lowest BCUT2D eigenvalue weighted by molar-refractivity contribution is -0.870. The zero-order chi connectivity index (χ0) is 40.0. The Kier molecular flexibility index (Phi) is 36.1. The molecule has 0 fully saturated rings. The van der Waals surface area contributed by atoms with Gasteiger partial charge >= 0.3 is 11.9 Å². The largest absolute Gasteiger partial charge is 0.756 e. The van der Waals surface area contributed by atoms with E-state index < -0.39 is 26.5 Å². The van der Waals surface area contributed by atoms with Crippen molar-refractivity contribution in [2.45, 2.75) is 200 Å². The summed E-state index contributed by atoms with van der Waals surface area (Å²) in [5.74, 6) is -0.841. The van der Waals surface area contributed by atoms with Gasteiger partial charge in [0.15, 0.2) is 6.10 Å². The monoisotopic (exact) mass is 786 g/mol. The highest BCUT2D eigenvalue weighted by molar-refractivity contribution is 7.45. The third kappa shape index (κ3) is 40.2. The summed E-state index contributed by atoms with van der Waals surface area (Å²) >= 11 is 0. The van der Waals surface area contributed by atoms with Gasteiger partial charge in [-0.3, -0.25) is 14.2 Å². The smallest absolute Gasteiger partial charge is 0.306 e. The minimum Gasteiger partial charge on any atom is -0.756 e. The molecule has 2 atom stereocenters. The molecule has 0 amide bonds. The molecule has 9 nitrogen and oxygen atoms in total. The Morgan fingerprint density at radius 2 is 0.981 bits per heavy atom. The third-order valence-corrected chi connectivity index (χ3v) is 10.5. The molecule has 0 heterocycles. The van der Waals surface area contributed by atoms with Crippen molar-refractivity contribution in [3.63, 3.8) is 0 Å². The Morgan fingerprint density at radius 3 is 1.46 bits per heavy atom. The van der Waals surface area contributed by atoms with E-state index in [2.05, 4.69) is 38.2 Å². The van der Waals surface area contributed by atoms with Gasteiger partial charge in [-0.25, -0.2) is 0 Å². The molecular formula is C44H84NO8P. The van der Waals surface area contributed by atoms with Gasteiger partial charge in [0.1, 0.15) is 19.8 Å². The summed E-state index contributed by atoms with van der Waals surface area (Å²) in [5.41, 5.74) is 0. The fourth-order valence-electron chi connectivity index (χ4n) is 6.00. The molecule has 0 radical (unpaired) electrons. The molecule has 0 aliphatic heterocycles. The molecule has 54 heavy (non-hydrogen) atoms. The number of carbonyl (C=O) groups excluding carboxylic acids is 2. The van der Waals surface area contributed by atoms with Crippen LogP contribution in [0.4, 0.5) is 0 Å². The van der Waals surface area contributed by atoms with Crippen LogP contribution in [0.1, 0.15) is 194 Å². The van der Waals surface area contributed by atoms with Gasteiger partial charge in [0, 0.05) is 12.8 Å². The topological polar surface area (TPSA) is 111 Å². The van der Waals surface area contributed by atoms with Gasteiger partial charge in [-0.2, -0.15) is 0 Å². The average molecular weight is 786 g/mol. The van der Waals surface area contributed by atoms with E-state index in [0.717, 1.165) is 64.2 Å². The molecule has 0 saturated heterocycles. The van der Waals surface area contributed by atoms with Crippen LogP contribution in [0.5, 0.6) is 0 Å². The second-order valence-corrected chi connectivity index (χ2v) is 17.5. The lowest BCUT2D eigenvalue weighted by atomic mass is 10.0. The standard InChI is InChI=1S/C44H84NO8P/c1-6-8-10-12-14-16-18-20-22-24-26-28-30-32-34-36-43(46)50-40-42(41-52-54(48,49)51-39-38-45(3,4)5)53-44(47)37-35-33-31-29-27-25-23-21-19-17-15-13-11-9-7-2/h15,17,19,21,42H,6-14,16,18,20,22-41H2,1-5H3/b17-15-,21-19-/t42-/m1/s1. The van der Waals surface area contributed by atoms with E-state index in [-0.39, 0.29) is 32.0 Å². The Balaban J connectivity index is 4.36. The van der Waals surface area contributed by atoms with Gasteiger partial charge in [0.2, 0.25) is 0 Å². The van der Waals surface area contributed by atoms with Crippen LogP contribution in [-0.2, 0) is 32.7 Å². The second kappa shape index (κ2) is 37.1. The summed E-state index contributed by atoms with van der Waals surface area (Å²) in [6.07, 6.45) is 39.1. The molecule has 0 aromatic carbocycles. The summed E-state index contributed by atoms with van der Waals surface area (Å²) in [7, 11) is 1.16. The van der Waals surface area contributed by atoms with Crippen molar-refractivity contribution in [1.29, 1.82) is 0 Å². The lowest BCUT2D eigenvalue weighted by Gasteiger charge is -2.28. The Morgan fingerprint density at radius 1 is 0.574 bits per heavy atom. The molecular weight excluding hydrogens is 701 g/mol. The van der Waals surface area contributed by atoms with Crippen molar-refractivity contribution >= 4 is 19.8 Å². The molecule has 0 spiro atoms. The van der Waals surface area contributed by atoms with Crippen LogP contribution in [0.2, 0.25) is 0 Å². The Labute approximate surface area is 332 Å². The van der Waals surface area contributed by atoms with E-state index in [0.29, 0.717) is 17.4 Å². The van der Waals surface area contributed by atoms with E-state index >= 15 is 0 Å². The van der Waals surface area contributed by atoms with Crippen LogP contribution in [0, 0.1) is 0 Å². The van der Waals surface area contributed by atoms with Crippen LogP contribution < -0.4 is 4.89 Å². The minimum absolute atomic E-state index is 0.0315. The Hall–Kier alpha value is -1.51. The molecule has 0 aromatic heterocycles. The quantitative estimate of drug-likeness (QED) is 0.0198. The summed E-state index contributed by atoms with van der Waals surface area (Å²) in [6.45, 7) is 4.20. The highest BCUT2D eigenvalue weighted by Gasteiger charge is 2.21. The van der Waals surface area contributed by atoms with Crippen molar-refractivity contribution < 1.29 is 42.1 Å². The third-order valence-electron chi connectivity index (χ3n) is 9.50. The second-order valence-electron chi connectivity index (χ2n) is 16.1. The fraction of sp³-hybridized carbons (Fsp3) is 0.864. The molecule has 0 N–H and O–H groups in total. The number of phosphoric acid groups is 1. The van der Waals surface area contributed by atoms with E-state index in [1.165, 1.54) is 96.3 Å².